The van der Waals surface area contributed by atoms with E-state index in [9.17, 15) is 0 Å². The van der Waals surface area contributed by atoms with Crippen LogP contribution >= 0.6 is 0 Å². The van der Waals surface area contributed by atoms with Crippen LogP contribution in [0.4, 0.5) is 11.6 Å². The summed E-state index contributed by atoms with van der Waals surface area (Å²) in [6.07, 6.45) is 1.12. The van der Waals surface area contributed by atoms with Crippen LogP contribution < -0.4 is 10.6 Å². The van der Waals surface area contributed by atoms with Crippen molar-refractivity contribution < 1.29 is 4.74 Å². The van der Waals surface area contributed by atoms with Gasteiger partial charge in [-0.3, -0.25) is 0 Å². The number of hydrogen-bond acceptors (Lipinski definition) is 5. The summed E-state index contributed by atoms with van der Waals surface area (Å²) < 4.78 is 5.04. The Bertz CT molecular complexity index is 341. The van der Waals surface area contributed by atoms with Gasteiger partial charge in [0.25, 0.3) is 0 Å². The highest BCUT2D eigenvalue weighted by Gasteiger charge is 2.03. The van der Waals surface area contributed by atoms with Gasteiger partial charge in [-0.05, 0) is 12.3 Å². The Morgan fingerprint density at radius 2 is 2.00 bits per heavy atom. The molecule has 0 saturated carbocycles. The molecular weight excluding hydrogens is 216 g/mol. The molecule has 2 N–H and O–H groups in total. The van der Waals surface area contributed by atoms with Crippen molar-refractivity contribution in [3.63, 3.8) is 0 Å². The summed E-state index contributed by atoms with van der Waals surface area (Å²) >= 11 is 0. The smallest absolute Gasteiger partial charge is 0.158 e. The predicted molar refractivity (Wildman–Crippen MR) is 70.2 cm³/mol. The zero-order valence-corrected chi connectivity index (χ0v) is 11.1. The van der Waals surface area contributed by atoms with Gasteiger partial charge in [0.1, 0.15) is 18.2 Å². The van der Waals surface area contributed by atoms with Crippen LogP contribution in [0.2, 0.25) is 0 Å². The van der Waals surface area contributed by atoms with Crippen molar-refractivity contribution in [1.29, 1.82) is 0 Å². The average molecular weight is 238 g/mol. The van der Waals surface area contributed by atoms with Crippen LogP contribution in [0.15, 0.2) is 6.07 Å². The Labute approximate surface area is 103 Å². The number of nitrogens with one attached hydrogen (secondary N) is 2. The van der Waals surface area contributed by atoms with Gasteiger partial charge in [0.2, 0.25) is 0 Å². The van der Waals surface area contributed by atoms with Crippen molar-refractivity contribution >= 4 is 11.6 Å². The molecule has 1 rings (SSSR count). The molecule has 0 radical (unpaired) electrons. The minimum atomic E-state index is 0.425. The largest absolute Gasteiger partial charge is 0.377 e. The minimum absolute atomic E-state index is 0.425. The molecule has 1 aromatic heterocycles. The molecule has 1 aromatic rings. The number of anilines is 2. The molecular formula is C12H22N4O. The Morgan fingerprint density at radius 1 is 1.29 bits per heavy atom. The predicted octanol–water partition coefficient (Wildman–Crippen LogP) is 2.12. The second kappa shape index (κ2) is 7.06. The monoisotopic (exact) mass is 238 g/mol. The topological polar surface area (TPSA) is 59.1 Å². The molecule has 5 nitrogen and oxygen atoms in total. The number of nitrogens with zero attached hydrogens (tertiary/aromatic N) is 2. The molecule has 0 bridgehead atoms. The van der Waals surface area contributed by atoms with E-state index >= 15 is 0 Å². The highest BCUT2D eigenvalue weighted by atomic mass is 16.5. The van der Waals surface area contributed by atoms with Crippen molar-refractivity contribution in [1.82, 2.24) is 9.97 Å². The normalized spacial score (nSPS) is 10.6. The molecule has 0 aliphatic heterocycles. The zero-order chi connectivity index (χ0) is 12.7. The van der Waals surface area contributed by atoms with E-state index < -0.39 is 0 Å². The number of methoxy groups -OCH3 is 1. The summed E-state index contributed by atoms with van der Waals surface area (Å²) in [7, 11) is 3.48. The molecule has 0 spiro atoms. The minimum Gasteiger partial charge on any atom is -0.377 e. The average Bonchev–Trinajstić information content (AvgIpc) is 2.28. The van der Waals surface area contributed by atoms with Gasteiger partial charge < -0.3 is 15.4 Å². The zero-order valence-electron chi connectivity index (χ0n) is 11.1. The van der Waals surface area contributed by atoms with Crippen LogP contribution in [-0.4, -0.2) is 30.7 Å². The standard InChI is InChI=1S/C12H22N4O/c1-9(2)5-6-14-11-7-10(13-3)15-12(16-11)8-17-4/h7,9H,5-6,8H2,1-4H3,(H2,13,14,15,16). The summed E-state index contributed by atoms with van der Waals surface area (Å²) in [5.41, 5.74) is 0. The van der Waals surface area contributed by atoms with E-state index in [4.69, 9.17) is 4.74 Å². The molecule has 1 heterocycles. The lowest BCUT2D eigenvalue weighted by molar-refractivity contribution is 0.178. The molecule has 0 unspecified atom stereocenters. The van der Waals surface area contributed by atoms with Crippen LogP contribution in [0.5, 0.6) is 0 Å². The van der Waals surface area contributed by atoms with E-state index in [1.54, 1.807) is 7.11 Å². The third kappa shape index (κ3) is 4.99. The van der Waals surface area contributed by atoms with E-state index in [0.29, 0.717) is 18.3 Å². The van der Waals surface area contributed by atoms with Gasteiger partial charge in [-0.25, -0.2) is 9.97 Å². The fraction of sp³-hybridized carbons (Fsp3) is 0.667. The highest BCUT2D eigenvalue weighted by Crippen LogP contribution is 2.12. The molecule has 96 valence electrons. The van der Waals surface area contributed by atoms with Gasteiger partial charge in [-0.2, -0.15) is 0 Å². The lowest BCUT2D eigenvalue weighted by Gasteiger charge is -2.10. The number of rotatable bonds is 7. The van der Waals surface area contributed by atoms with Crippen molar-refractivity contribution in [3.8, 4) is 0 Å². The lowest BCUT2D eigenvalue weighted by atomic mass is 10.1. The van der Waals surface area contributed by atoms with Crippen LogP contribution in [0.25, 0.3) is 0 Å². The van der Waals surface area contributed by atoms with Crippen LogP contribution in [0, 0.1) is 5.92 Å². The molecule has 0 aliphatic carbocycles. The summed E-state index contributed by atoms with van der Waals surface area (Å²) in [4.78, 5) is 8.68. The summed E-state index contributed by atoms with van der Waals surface area (Å²) in [5, 5.41) is 6.32. The van der Waals surface area contributed by atoms with E-state index in [0.717, 1.165) is 24.6 Å². The van der Waals surface area contributed by atoms with Gasteiger partial charge in [0.15, 0.2) is 5.82 Å². The molecule has 0 aliphatic rings. The first-order valence-electron chi connectivity index (χ1n) is 5.94. The van der Waals surface area contributed by atoms with Crippen LogP contribution in [0.1, 0.15) is 26.1 Å². The maximum Gasteiger partial charge on any atom is 0.158 e. The molecule has 0 amide bonds. The second-order valence-corrected chi connectivity index (χ2v) is 4.35. The SMILES string of the molecule is CNc1cc(NCCC(C)C)nc(COC)n1. The Kier molecular flexibility index (Phi) is 5.69. The Balaban J connectivity index is 2.66. The molecule has 0 aromatic carbocycles. The molecule has 0 saturated heterocycles. The quantitative estimate of drug-likeness (QED) is 0.762. The van der Waals surface area contributed by atoms with Crippen LogP contribution in [0.3, 0.4) is 0 Å². The van der Waals surface area contributed by atoms with Gasteiger partial charge in [0.05, 0.1) is 0 Å². The Hall–Kier alpha value is -1.36. The van der Waals surface area contributed by atoms with E-state index in [1.807, 2.05) is 13.1 Å². The summed E-state index contributed by atoms with van der Waals surface area (Å²) in [6.45, 7) is 5.76. The molecule has 0 fully saturated rings. The van der Waals surface area contributed by atoms with E-state index in [1.165, 1.54) is 0 Å². The number of aromatic nitrogens is 2. The molecule has 17 heavy (non-hydrogen) atoms. The first-order chi connectivity index (χ1) is 8.15. The lowest BCUT2D eigenvalue weighted by Crippen LogP contribution is -2.09. The van der Waals surface area contributed by atoms with E-state index in [2.05, 4.69) is 34.4 Å². The summed E-state index contributed by atoms with van der Waals surface area (Å²) in [6, 6.07) is 1.90. The van der Waals surface area contributed by atoms with Crippen molar-refractivity contribution in [2.45, 2.75) is 26.9 Å². The summed E-state index contributed by atoms with van der Waals surface area (Å²) in [5.74, 6) is 3.02. The van der Waals surface area contributed by atoms with E-state index in [-0.39, 0.29) is 0 Å². The maximum atomic E-state index is 5.04. The fourth-order valence-corrected chi connectivity index (χ4v) is 1.40. The van der Waals surface area contributed by atoms with Gasteiger partial charge in [-0.1, -0.05) is 13.8 Å². The third-order valence-electron chi connectivity index (χ3n) is 2.33. The van der Waals surface area contributed by atoms with Crippen molar-refractivity contribution in [3.05, 3.63) is 11.9 Å². The Morgan fingerprint density at radius 3 is 2.59 bits per heavy atom. The van der Waals surface area contributed by atoms with Gasteiger partial charge >= 0.3 is 0 Å². The molecule has 5 heteroatoms. The highest BCUT2D eigenvalue weighted by molar-refractivity contribution is 5.47. The number of hydrogen-bond donors (Lipinski definition) is 2. The van der Waals surface area contributed by atoms with Crippen molar-refractivity contribution in [2.24, 2.45) is 5.92 Å². The van der Waals surface area contributed by atoms with Gasteiger partial charge in [0, 0.05) is 26.8 Å². The number of ether oxygens (including phenoxy) is 1. The molecule has 0 atom stereocenters. The maximum absolute atomic E-state index is 5.04. The first-order valence-corrected chi connectivity index (χ1v) is 5.94. The fourth-order valence-electron chi connectivity index (χ4n) is 1.40. The van der Waals surface area contributed by atoms with Crippen LogP contribution in [-0.2, 0) is 11.3 Å². The third-order valence-corrected chi connectivity index (χ3v) is 2.33. The van der Waals surface area contributed by atoms with Gasteiger partial charge in [-0.15, -0.1) is 0 Å². The second-order valence-electron chi connectivity index (χ2n) is 4.35. The van der Waals surface area contributed by atoms with Crippen molar-refractivity contribution in [2.75, 3.05) is 31.3 Å². The first kappa shape index (κ1) is 13.7.